The van der Waals surface area contributed by atoms with E-state index in [-0.39, 0.29) is 0 Å². The maximum Gasteiger partial charge on any atom is 0.205 e. The molecule has 0 saturated heterocycles. The minimum atomic E-state index is 0.845. The Hall–Kier alpha value is -1.01. The van der Waals surface area contributed by atoms with Crippen LogP contribution in [-0.4, -0.2) is 22.2 Å². The van der Waals surface area contributed by atoms with Crippen molar-refractivity contribution in [1.29, 1.82) is 0 Å². The average molecular weight is 240 g/mol. The smallest absolute Gasteiger partial charge is 0.205 e. The largest absolute Gasteiger partial charge is 0.363 e. The molecule has 1 N–H and O–H groups in total. The number of aromatic nitrogens is 3. The highest BCUT2D eigenvalue weighted by atomic mass is 32.1. The van der Waals surface area contributed by atoms with Crippen molar-refractivity contribution in [3.63, 3.8) is 0 Å². The lowest BCUT2D eigenvalue weighted by molar-refractivity contribution is 1.04. The van der Waals surface area contributed by atoms with Crippen LogP contribution < -0.4 is 5.32 Å². The van der Waals surface area contributed by atoms with E-state index >= 15 is 0 Å². The summed E-state index contributed by atoms with van der Waals surface area (Å²) in [5.41, 5.74) is 1.12. The molecular weight excluding hydrogens is 228 g/mol. The summed E-state index contributed by atoms with van der Waals surface area (Å²) in [6, 6.07) is 0. The van der Waals surface area contributed by atoms with Gasteiger partial charge in [-0.3, -0.25) is 0 Å². The first kappa shape index (κ1) is 10.5. The summed E-state index contributed by atoms with van der Waals surface area (Å²) in [7, 11) is 1.85. The Morgan fingerprint density at radius 2 is 2.07 bits per heavy atom. The number of rotatable bonds is 3. The minimum absolute atomic E-state index is 0.845. The third kappa shape index (κ3) is 2.00. The SMILES string of the molecule is CCc1nc(C)sc1-c1nnc(NC)s1. The normalized spacial score (nSPS) is 10.6. The molecule has 0 atom stereocenters. The maximum absolute atomic E-state index is 4.48. The van der Waals surface area contributed by atoms with Crippen LogP contribution in [0.25, 0.3) is 9.88 Å². The fourth-order valence-electron chi connectivity index (χ4n) is 1.29. The van der Waals surface area contributed by atoms with Gasteiger partial charge in [-0.2, -0.15) is 0 Å². The first-order valence-corrected chi connectivity index (χ1v) is 6.35. The van der Waals surface area contributed by atoms with Gasteiger partial charge in [0.25, 0.3) is 0 Å². The monoisotopic (exact) mass is 240 g/mol. The van der Waals surface area contributed by atoms with Crippen LogP contribution in [0.3, 0.4) is 0 Å². The number of nitrogens with zero attached hydrogens (tertiary/aromatic N) is 3. The van der Waals surface area contributed by atoms with Crippen LogP contribution in [0.2, 0.25) is 0 Å². The molecule has 2 heterocycles. The average Bonchev–Trinajstić information content (AvgIpc) is 2.82. The van der Waals surface area contributed by atoms with Gasteiger partial charge in [-0.25, -0.2) is 4.98 Å². The first-order valence-electron chi connectivity index (χ1n) is 4.72. The van der Waals surface area contributed by atoms with Crippen molar-refractivity contribution in [2.45, 2.75) is 20.3 Å². The number of thiazole rings is 1. The van der Waals surface area contributed by atoms with Gasteiger partial charge in [0, 0.05) is 7.05 Å². The van der Waals surface area contributed by atoms with Crippen LogP contribution in [0.15, 0.2) is 0 Å². The number of hydrogen-bond donors (Lipinski definition) is 1. The predicted molar refractivity (Wildman–Crippen MR) is 64.7 cm³/mol. The van der Waals surface area contributed by atoms with E-state index < -0.39 is 0 Å². The summed E-state index contributed by atoms with van der Waals surface area (Å²) >= 11 is 3.25. The number of aryl methyl sites for hydroxylation is 2. The summed E-state index contributed by atoms with van der Waals surface area (Å²) in [5.74, 6) is 0. The van der Waals surface area contributed by atoms with E-state index in [1.807, 2.05) is 14.0 Å². The molecule has 0 aliphatic rings. The van der Waals surface area contributed by atoms with Crippen molar-refractivity contribution in [3.8, 4) is 9.88 Å². The predicted octanol–water partition coefficient (Wildman–Crippen LogP) is 2.57. The Labute approximate surface area is 96.4 Å². The van der Waals surface area contributed by atoms with Crippen LogP contribution in [0.1, 0.15) is 17.6 Å². The number of nitrogens with one attached hydrogen (secondary N) is 1. The van der Waals surface area contributed by atoms with Crippen molar-refractivity contribution in [2.75, 3.05) is 12.4 Å². The van der Waals surface area contributed by atoms with Gasteiger partial charge in [-0.05, 0) is 13.3 Å². The summed E-state index contributed by atoms with van der Waals surface area (Å²) < 4.78 is 0. The molecule has 15 heavy (non-hydrogen) atoms. The maximum atomic E-state index is 4.48. The molecule has 4 nitrogen and oxygen atoms in total. The van der Waals surface area contributed by atoms with Crippen LogP contribution in [0.4, 0.5) is 5.13 Å². The standard InChI is InChI=1S/C9H12N4S2/c1-4-6-7(14-5(2)11-6)8-12-13-9(10-3)15-8/h4H2,1-3H3,(H,10,13). The second-order valence-electron chi connectivity index (χ2n) is 3.02. The first-order chi connectivity index (χ1) is 7.24. The van der Waals surface area contributed by atoms with E-state index in [0.717, 1.165) is 32.1 Å². The van der Waals surface area contributed by atoms with Gasteiger partial charge < -0.3 is 5.32 Å². The van der Waals surface area contributed by atoms with Gasteiger partial charge >= 0.3 is 0 Å². The topological polar surface area (TPSA) is 50.7 Å². The summed E-state index contributed by atoms with van der Waals surface area (Å²) in [6.45, 7) is 4.13. The van der Waals surface area contributed by atoms with Gasteiger partial charge in [0.05, 0.1) is 15.6 Å². The molecular formula is C9H12N4S2. The third-order valence-corrected chi connectivity index (χ3v) is 4.08. The molecule has 0 amide bonds. The number of anilines is 1. The van der Waals surface area contributed by atoms with E-state index in [0.29, 0.717) is 0 Å². The van der Waals surface area contributed by atoms with Crippen molar-refractivity contribution < 1.29 is 0 Å². The molecule has 0 aliphatic heterocycles. The molecule has 2 rings (SSSR count). The quantitative estimate of drug-likeness (QED) is 0.896. The van der Waals surface area contributed by atoms with Gasteiger partial charge in [-0.1, -0.05) is 18.3 Å². The van der Waals surface area contributed by atoms with Crippen molar-refractivity contribution in [3.05, 3.63) is 10.7 Å². The molecule has 80 valence electrons. The van der Waals surface area contributed by atoms with Crippen molar-refractivity contribution in [2.24, 2.45) is 0 Å². The van der Waals surface area contributed by atoms with E-state index in [4.69, 9.17) is 0 Å². The lowest BCUT2D eigenvalue weighted by Crippen LogP contribution is -1.84. The van der Waals surface area contributed by atoms with Crippen molar-refractivity contribution >= 4 is 27.8 Å². The second-order valence-corrected chi connectivity index (χ2v) is 5.21. The zero-order chi connectivity index (χ0) is 10.8. The van der Waals surface area contributed by atoms with Crippen LogP contribution in [0, 0.1) is 6.92 Å². The Morgan fingerprint density at radius 1 is 1.27 bits per heavy atom. The fraction of sp³-hybridized carbons (Fsp3) is 0.444. The molecule has 0 saturated carbocycles. The fourth-order valence-corrected chi connectivity index (χ4v) is 3.09. The Balaban J connectivity index is 2.43. The van der Waals surface area contributed by atoms with Gasteiger partial charge in [-0.15, -0.1) is 21.5 Å². The molecule has 0 aromatic carbocycles. The highest BCUT2D eigenvalue weighted by molar-refractivity contribution is 7.23. The molecule has 0 bridgehead atoms. The minimum Gasteiger partial charge on any atom is -0.363 e. The molecule has 2 aromatic heterocycles. The zero-order valence-electron chi connectivity index (χ0n) is 8.87. The molecule has 0 spiro atoms. The Morgan fingerprint density at radius 3 is 2.67 bits per heavy atom. The third-order valence-electron chi connectivity index (χ3n) is 1.97. The number of hydrogen-bond acceptors (Lipinski definition) is 6. The van der Waals surface area contributed by atoms with E-state index in [2.05, 4.69) is 27.4 Å². The Bertz CT molecular complexity index is 460. The van der Waals surface area contributed by atoms with E-state index in [1.165, 1.54) is 0 Å². The molecule has 6 heteroatoms. The van der Waals surface area contributed by atoms with Gasteiger partial charge in [0.2, 0.25) is 5.13 Å². The highest BCUT2D eigenvalue weighted by Crippen LogP contribution is 2.33. The highest BCUT2D eigenvalue weighted by Gasteiger charge is 2.13. The Kier molecular flexibility index (Phi) is 2.97. The van der Waals surface area contributed by atoms with Crippen LogP contribution in [0.5, 0.6) is 0 Å². The molecule has 0 aliphatic carbocycles. The second kappa shape index (κ2) is 4.24. The van der Waals surface area contributed by atoms with Gasteiger partial charge in [0.15, 0.2) is 5.01 Å². The summed E-state index contributed by atoms with van der Waals surface area (Å²) in [6.07, 6.45) is 0.939. The molecule has 0 unspecified atom stereocenters. The molecule has 0 radical (unpaired) electrons. The lowest BCUT2D eigenvalue weighted by atomic mass is 10.3. The van der Waals surface area contributed by atoms with E-state index in [9.17, 15) is 0 Å². The van der Waals surface area contributed by atoms with E-state index in [1.54, 1.807) is 22.7 Å². The van der Waals surface area contributed by atoms with Crippen LogP contribution >= 0.6 is 22.7 Å². The van der Waals surface area contributed by atoms with Gasteiger partial charge in [0.1, 0.15) is 0 Å². The lowest BCUT2D eigenvalue weighted by Gasteiger charge is -1.92. The molecule has 2 aromatic rings. The van der Waals surface area contributed by atoms with Crippen molar-refractivity contribution in [1.82, 2.24) is 15.2 Å². The summed E-state index contributed by atoms with van der Waals surface area (Å²) in [4.78, 5) is 5.64. The van der Waals surface area contributed by atoms with Crippen LogP contribution in [-0.2, 0) is 6.42 Å². The summed E-state index contributed by atoms with van der Waals surface area (Å²) in [5, 5.41) is 14.1. The zero-order valence-corrected chi connectivity index (χ0v) is 10.5. The molecule has 0 fully saturated rings.